The second-order valence-electron chi connectivity index (χ2n) is 8.83. The van der Waals surface area contributed by atoms with Gasteiger partial charge < -0.3 is 10.4 Å². The summed E-state index contributed by atoms with van der Waals surface area (Å²) in [6, 6.07) is 4.61. The maximum absolute atomic E-state index is 11.5. The van der Waals surface area contributed by atoms with Crippen LogP contribution < -0.4 is 10.0 Å². The molecule has 0 heterocycles. The standard InChI is InChI=1S/C25H46N2O3S/c1-3-4-5-6-7-8-9-10-11-12-13-14-15-16-17-18-21-26-25-22-23(28)19-20-24(25)27-31(2,29)30/h19-20,22,26-28H,3-18,21H2,1-2H3. The van der Waals surface area contributed by atoms with E-state index in [2.05, 4.69) is 17.0 Å². The van der Waals surface area contributed by atoms with Crippen molar-refractivity contribution in [3.05, 3.63) is 18.2 Å². The first-order valence-electron chi connectivity index (χ1n) is 12.5. The molecule has 0 fully saturated rings. The fraction of sp³-hybridized carbons (Fsp3) is 0.760. The van der Waals surface area contributed by atoms with Gasteiger partial charge in [0.2, 0.25) is 10.0 Å². The SMILES string of the molecule is CCCCCCCCCCCCCCCCCCNc1cc(O)ccc1NS(C)(=O)=O. The number of nitrogens with one attached hydrogen (secondary N) is 2. The first-order chi connectivity index (χ1) is 14.9. The molecule has 0 bridgehead atoms. The molecular formula is C25H46N2O3S. The minimum atomic E-state index is -3.35. The Morgan fingerprint density at radius 3 is 1.61 bits per heavy atom. The Morgan fingerprint density at radius 1 is 0.710 bits per heavy atom. The minimum Gasteiger partial charge on any atom is -0.508 e. The molecule has 31 heavy (non-hydrogen) atoms. The fourth-order valence-electron chi connectivity index (χ4n) is 3.86. The molecule has 0 saturated heterocycles. The second-order valence-corrected chi connectivity index (χ2v) is 10.6. The first-order valence-corrected chi connectivity index (χ1v) is 14.4. The Hall–Kier alpha value is -1.43. The Morgan fingerprint density at radius 2 is 1.16 bits per heavy atom. The molecule has 0 amide bonds. The summed E-state index contributed by atoms with van der Waals surface area (Å²) in [5.41, 5.74) is 1.09. The molecule has 3 N–H and O–H groups in total. The summed E-state index contributed by atoms with van der Waals surface area (Å²) in [5.74, 6) is 0.119. The summed E-state index contributed by atoms with van der Waals surface area (Å²) in [5, 5.41) is 12.9. The van der Waals surface area contributed by atoms with E-state index in [0.717, 1.165) is 19.2 Å². The number of aromatic hydroxyl groups is 1. The smallest absolute Gasteiger partial charge is 0.229 e. The van der Waals surface area contributed by atoms with Gasteiger partial charge in [-0.2, -0.15) is 0 Å². The number of sulfonamides is 1. The van der Waals surface area contributed by atoms with Crippen molar-refractivity contribution >= 4 is 21.4 Å². The molecule has 1 aromatic carbocycles. The third-order valence-electron chi connectivity index (χ3n) is 5.64. The Labute approximate surface area is 191 Å². The number of phenolic OH excluding ortho intramolecular Hbond substituents is 1. The van der Waals surface area contributed by atoms with E-state index >= 15 is 0 Å². The lowest BCUT2D eigenvalue weighted by Gasteiger charge is -2.13. The van der Waals surface area contributed by atoms with Gasteiger partial charge in [0.1, 0.15) is 5.75 Å². The van der Waals surface area contributed by atoms with E-state index in [0.29, 0.717) is 11.4 Å². The number of phenols is 1. The lowest BCUT2D eigenvalue weighted by Crippen LogP contribution is -2.12. The van der Waals surface area contributed by atoms with E-state index in [4.69, 9.17) is 0 Å². The first kappa shape index (κ1) is 27.6. The summed E-state index contributed by atoms with van der Waals surface area (Å²) in [7, 11) is -3.35. The van der Waals surface area contributed by atoms with Crippen molar-refractivity contribution in [2.24, 2.45) is 0 Å². The molecule has 180 valence electrons. The molecule has 0 atom stereocenters. The normalized spacial score (nSPS) is 11.5. The summed E-state index contributed by atoms with van der Waals surface area (Å²) in [6.45, 7) is 3.04. The zero-order valence-electron chi connectivity index (χ0n) is 19.9. The van der Waals surface area contributed by atoms with E-state index in [-0.39, 0.29) is 5.75 Å². The van der Waals surface area contributed by atoms with Crippen LogP contribution in [0.3, 0.4) is 0 Å². The van der Waals surface area contributed by atoms with Crippen LogP contribution >= 0.6 is 0 Å². The lowest BCUT2D eigenvalue weighted by molar-refractivity contribution is 0.475. The Bertz CT molecular complexity index is 677. The monoisotopic (exact) mass is 454 g/mol. The molecular weight excluding hydrogens is 408 g/mol. The highest BCUT2D eigenvalue weighted by Gasteiger charge is 2.08. The van der Waals surface area contributed by atoms with Crippen LogP contribution in [0, 0.1) is 0 Å². The van der Waals surface area contributed by atoms with E-state index in [9.17, 15) is 13.5 Å². The highest BCUT2D eigenvalue weighted by Crippen LogP contribution is 2.27. The molecule has 6 heteroatoms. The van der Waals surface area contributed by atoms with Crippen molar-refractivity contribution in [3.63, 3.8) is 0 Å². The highest BCUT2D eigenvalue weighted by atomic mass is 32.2. The Balaban J connectivity index is 1.97. The number of unbranched alkanes of at least 4 members (excludes halogenated alkanes) is 15. The van der Waals surface area contributed by atoms with Gasteiger partial charge in [-0.1, -0.05) is 103 Å². The second kappa shape index (κ2) is 17.2. The van der Waals surface area contributed by atoms with E-state index in [1.54, 1.807) is 12.1 Å². The van der Waals surface area contributed by atoms with Crippen molar-refractivity contribution < 1.29 is 13.5 Å². The quantitative estimate of drug-likeness (QED) is 0.141. The van der Waals surface area contributed by atoms with Gasteiger partial charge in [-0.3, -0.25) is 4.72 Å². The zero-order chi connectivity index (χ0) is 22.8. The molecule has 1 aromatic rings. The highest BCUT2D eigenvalue weighted by molar-refractivity contribution is 7.92. The molecule has 0 radical (unpaired) electrons. The zero-order valence-corrected chi connectivity index (χ0v) is 20.7. The molecule has 0 spiro atoms. The Kier molecular flexibility index (Phi) is 15.3. The molecule has 0 aromatic heterocycles. The van der Waals surface area contributed by atoms with Gasteiger partial charge in [-0.25, -0.2) is 8.42 Å². The number of hydrogen-bond acceptors (Lipinski definition) is 4. The topological polar surface area (TPSA) is 78.4 Å². The lowest BCUT2D eigenvalue weighted by atomic mass is 10.0. The van der Waals surface area contributed by atoms with Gasteiger partial charge in [-0.05, 0) is 18.6 Å². The molecule has 0 aliphatic heterocycles. The van der Waals surface area contributed by atoms with Crippen LogP contribution in [0.25, 0.3) is 0 Å². The van der Waals surface area contributed by atoms with Crippen LogP contribution in [0.1, 0.15) is 110 Å². The third kappa shape index (κ3) is 15.9. The molecule has 5 nitrogen and oxygen atoms in total. The van der Waals surface area contributed by atoms with Gasteiger partial charge in [-0.15, -0.1) is 0 Å². The van der Waals surface area contributed by atoms with Gasteiger partial charge in [0, 0.05) is 12.6 Å². The van der Waals surface area contributed by atoms with Gasteiger partial charge in [0.05, 0.1) is 17.6 Å². The van der Waals surface area contributed by atoms with E-state index in [1.807, 2.05) is 0 Å². The third-order valence-corrected chi connectivity index (χ3v) is 6.23. The summed E-state index contributed by atoms with van der Waals surface area (Å²) < 4.78 is 25.4. The van der Waals surface area contributed by atoms with Crippen LogP contribution in [0.2, 0.25) is 0 Å². The van der Waals surface area contributed by atoms with Gasteiger partial charge >= 0.3 is 0 Å². The number of hydrogen-bond donors (Lipinski definition) is 3. The number of anilines is 2. The molecule has 0 aliphatic carbocycles. The fourth-order valence-corrected chi connectivity index (χ4v) is 4.44. The van der Waals surface area contributed by atoms with Crippen LogP contribution in [-0.4, -0.2) is 26.3 Å². The van der Waals surface area contributed by atoms with Crippen molar-refractivity contribution in [3.8, 4) is 5.75 Å². The van der Waals surface area contributed by atoms with Crippen LogP contribution in [0.15, 0.2) is 18.2 Å². The predicted molar refractivity (Wildman–Crippen MR) is 135 cm³/mol. The molecule has 0 saturated carbocycles. The van der Waals surface area contributed by atoms with Crippen LogP contribution in [0.4, 0.5) is 11.4 Å². The maximum Gasteiger partial charge on any atom is 0.229 e. The predicted octanol–water partition coefficient (Wildman–Crippen LogP) is 7.44. The summed E-state index contributed by atoms with van der Waals surface area (Å²) in [4.78, 5) is 0. The van der Waals surface area contributed by atoms with Crippen LogP contribution in [0.5, 0.6) is 5.75 Å². The van der Waals surface area contributed by atoms with Crippen LogP contribution in [-0.2, 0) is 10.0 Å². The van der Waals surface area contributed by atoms with Crippen molar-refractivity contribution in [2.45, 2.75) is 110 Å². The van der Waals surface area contributed by atoms with E-state index < -0.39 is 10.0 Å². The van der Waals surface area contributed by atoms with Crippen molar-refractivity contribution in [1.29, 1.82) is 0 Å². The van der Waals surface area contributed by atoms with E-state index in [1.165, 1.54) is 102 Å². The number of benzene rings is 1. The average molecular weight is 455 g/mol. The van der Waals surface area contributed by atoms with Crippen molar-refractivity contribution in [1.82, 2.24) is 0 Å². The van der Waals surface area contributed by atoms with Gasteiger partial charge in [0.25, 0.3) is 0 Å². The largest absolute Gasteiger partial charge is 0.508 e. The minimum absolute atomic E-state index is 0.119. The molecule has 0 unspecified atom stereocenters. The van der Waals surface area contributed by atoms with Gasteiger partial charge in [0.15, 0.2) is 0 Å². The molecule has 1 rings (SSSR count). The molecule has 0 aliphatic rings. The summed E-state index contributed by atoms with van der Waals surface area (Å²) >= 11 is 0. The number of rotatable bonds is 20. The maximum atomic E-state index is 11.5. The summed E-state index contributed by atoms with van der Waals surface area (Å²) in [6.07, 6.45) is 22.6. The average Bonchev–Trinajstić information content (AvgIpc) is 2.71. The van der Waals surface area contributed by atoms with Crippen molar-refractivity contribution in [2.75, 3.05) is 22.8 Å².